The average molecular weight is 311 g/mol. The second kappa shape index (κ2) is 7.61. The van der Waals surface area contributed by atoms with Crippen molar-refractivity contribution in [2.24, 2.45) is 0 Å². The van der Waals surface area contributed by atoms with Gasteiger partial charge in [-0.3, -0.25) is 4.79 Å². The molecule has 1 aromatic heterocycles. The van der Waals surface area contributed by atoms with Gasteiger partial charge >= 0.3 is 0 Å². The van der Waals surface area contributed by atoms with Crippen LogP contribution in [0.25, 0.3) is 0 Å². The van der Waals surface area contributed by atoms with Crippen LogP contribution >= 0.6 is 11.6 Å². The first-order chi connectivity index (χ1) is 10.2. The first-order valence-electron chi connectivity index (χ1n) is 7.56. The Morgan fingerprint density at radius 1 is 1.33 bits per heavy atom. The number of nitrogens with zero attached hydrogens (tertiary/aromatic N) is 3. The Morgan fingerprint density at radius 2 is 2.05 bits per heavy atom. The molecule has 1 amide bonds. The Hall–Kier alpha value is -1.33. The largest absolute Gasteiger partial charge is 0.370 e. The van der Waals surface area contributed by atoms with Gasteiger partial charge in [-0.1, -0.05) is 25.4 Å². The number of likely N-dealkylation sites (N-methyl/N-ethyl adjacent to an activating group) is 1. The Kier molecular flexibility index (Phi) is 5.82. The standard InChI is InChI=1S/C15H23ClN4O/c1-3-5-17-14-10-12(13(16)11-18-14)15(21)20-8-6-19(4-2)7-9-20/h10-11H,3-9H2,1-2H3,(H,17,18). The minimum atomic E-state index is -0.00213. The molecule has 5 nitrogen and oxygen atoms in total. The third-order valence-electron chi connectivity index (χ3n) is 3.75. The lowest BCUT2D eigenvalue weighted by molar-refractivity contribution is 0.0643. The van der Waals surface area contributed by atoms with Gasteiger partial charge in [0.1, 0.15) is 5.82 Å². The quantitative estimate of drug-likeness (QED) is 0.907. The van der Waals surface area contributed by atoms with Gasteiger partial charge in [0.2, 0.25) is 0 Å². The van der Waals surface area contributed by atoms with Crippen molar-refractivity contribution < 1.29 is 4.79 Å². The minimum absolute atomic E-state index is 0.00213. The molecule has 1 N–H and O–H groups in total. The van der Waals surface area contributed by atoms with E-state index in [1.165, 1.54) is 0 Å². The predicted octanol–water partition coefficient (Wildman–Crippen LogP) is 2.33. The molecular weight excluding hydrogens is 288 g/mol. The van der Waals surface area contributed by atoms with E-state index in [2.05, 4.69) is 29.0 Å². The molecule has 2 rings (SSSR count). The van der Waals surface area contributed by atoms with E-state index >= 15 is 0 Å². The summed E-state index contributed by atoms with van der Waals surface area (Å²) in [6.07, 6.45) is 2.56. The molecule has 0 atom stereocenters. The maximum Gasteiger partial charge on any atom is 0.255 e. The number of rotatable bonds is 5. The van der Waals surface area contributed by atoms with Crippen molar-refractivity contribution in [3.05, 3.63) is 22.8 Å². The Morgan fingerprint density at radius 3 is 2.67 bits per heavy atom. The van der Waals surface area contributed by atoms with Crippen LogP contribution in [0.4, 0.5) is 5.82 Å². The average Bonchev–Trinajstić information content (AvgIpc) is 2.53. The lowest BCUT2D eigenvalue weighted by atomic mass is 10.2. The third kappa shape index (κ3) is 4.08. The number of hydrogen-bond donors (Lipinski definition) is 1. The highest BCUT2D eigenvalue weighted by Crippen LogP contribution is 2.20. The summed E-state index contributed by atoms with van der Waals surface area (Å²) in [5.74, 6) is 0.703. The molecule has 1 aliphatic rings. The van der Waals surface area contributed by atoms with E-state index in [1.807, 2.05) is 4.90 Å². The first kappa shape index (κ1) is 16.0. The summed E-state index contributed by atoms with van der Waals surface area (Å²) in [5, 5.41) is 3.60. The van der Waals surface area contributed by atoms with Crippen molar-refractivity contribution in [3.63, 3.8) is 0 Å². The first-order valence-corrected chi connectivity index (χ1v) is 7.94. The van der Waals surface area contributed by atoms with E-state index in [-0.39, 0.29) is 5.91 Å². The third-order valence-corrected chi connectivity index (χ3v) is 4.05. The zero-order chi connectivity index (χ0) is 15.2. The molecule has 1 aromatic rings. The fourth-order valence-electron chi connectivity index (χ4n) is 2.39. The van der Waals surface area contributed by atoms with Crippen molar-refractivity contribution in [2.75, 3.05) is 44.6 Å². The lowest BCUT2D eigenvalue weighted by Crippen LogP contribution is -2.48. The number of pyridine rings is 1. The van der Waals surface area contributed by atoms with Gasteiger partial charge in [-0.25, -0.2) is 4.98 Å². The molecule has 1 saturated heterocycles. The van der Waals surface area contributed by atoms with Crippen LogP contribution in [-0.4, -0.2) is 60.0 Å². The highest BCUT2D eigenvalue weighted by Gasteiger charge is 2.23. The Labute approximate surface area is 131 Å². The van der Waals surface area contributed by atoms with Gasteiger partial charge < -0.3 is 15.1 Å². The van der Waals surface area contributed by atoms with Gasteiger partial charge in [0.15, 0.2) is 0 Å². The van der Waals surface area contributed by atoms with Crippen LogP contribution in [0.1, 0.15) is 30.6 Å². The molecule has 1 fully saturated rings. The highest BCUT2D eigenvalue weighted by atomic mass is 35.5. The monoisotopic (exact) mass is 310 g/mol. The van der Waals surface area contributed by atoms with Crippen LogP contribution in [0.2, 0.25) is 5.02 Å². The number of hydrogen-bond acceptors (Lipinski definition) is 4. The molecule has 0 aliphatic carbocycles. The highest BCUT2D eigenvalue weighted by molar-refractivity contribution is 6.33. The van der Waals surface area contributed by atoms with Crippen LogP contribution in [0, 0.1) is 0 Å². The molecule has 0 radical (unpaired) electrons. The summed E-state index contributed by atoms with van der Waals surface area (Å²) in [6.45, 7) is 9.44. The maximum absolute atomic E-state index is 12.6. The second-order valence-electron chi connectivity index (χ2n) is 5.20. The lowest BCUT2D eigenvalue weighted by Gasteiger charge is -2.34. The Balaban J connectivity index is 2.07. The van der Waals surface area contributed by atoms with Gasteiger partial charge in [-0.2, -0.15) is 0 Å². The van der Waals surface area contributed by atoms with E-state index < -0.39 is 0 Å². The molecule has 1 aliphatic heterocycles. The number of anilines is 1. The van der Waals surface area contributed by atoms with Crippen molar-refractivity contribution >= 4 is 23.3 Å². The molecule has 0 aromatic carbocycles. The number of aromatic nitrogens is 1. The molecule has 116 valence electrons. The number of nitrogens with one attached hydrogen (secondary N) is 1. The SMILES string of the molecule is CCCNc1cc(C(=O)N2CCN(CC)CC2)c(Cl)cn1. The topological polar surface area (TPSA) is 48.5 Å². The van der Waals surface area contributed by atoms with Crippen molar-refractivity contribution in [1.29, 1.82) is 0 Å². The summed E-state index contributed by atoms with van der Waals surface area (Å²) >= 11 is 6.15. The molecule has 6 heteroatoms. The molecule has 21 heavy (non-hydrogen) atoms. The van der Waals surface area contributed by atoms with Gasteiger partial charge in [0.25, 0.3) is 5.91 Å². The normalized spacial score (nSPS) is 16.0. The number of halogens is 1. The second-order valence-corrected chi connectivity index (χ2v) is 5.61. The summed E-state index contributed by atoms with van der Waals surface area (Å²) < 4.78 is 0. The smallest absolute Gasteiger partial charge is 0.255 e. The summed E-state index contributed by atoms with van der Waals surface area (Å²) in [5.41, 5.74) is 0.537. The van der Waals surface area contributed by atoms with Crippen LogP contribution in [-0.2, 0) is 0 Å². The minimum Gasteiger partial charge on any atom is -0.370 e. The predicted molar refractivity (Wildman–Crippen MR) is 86.0 cm³/mol. The van der Waals surface area contributed by atoms with Crippen LogP contribution in [0.15, 0.2) is 12.3 Å². The summed E-state index contributed by atoms with van der Waals surface area (Å²) in [7, 11) is 0. The van der Waals surface area contributed by atoms with Crippen molar-refractivity contribution in [2.45, 2.75) is 20.3 Å². The molecular formula is C15H23ClN4O. The van der Waals surface area contributed by atoms with Gasteiger partial charge in [0, 0.05) is 38.9 Å². The molecule has 0 saturated carbocycles. The molecule has 2 heterocycles. The molecule has 0 spiro atoms. The van der Waals surface area contributed by atoms with Crippen LogP contribution in [0.3, 0.4) is 0 Å². The van der Waals surface area contributed by atoms with E-state index in [4.69, 9.17) is 11.6 Å². The van der Waals surface area contributed by atoms with Gasteiger partial charge in [0.05, 0.1) is 10.6 Å². The summed E-state index contributed by atoms with van der Waals surface area (Å²) in [6, 6.07) is 1.76. The fraction of sp³-hybridized carbons (Fsp3) is 0.600. The fourth-order valence-corrected chi connectivity index (χ4v) is 2.57. The summed E-state index contributed by atoms with van der Waals surface area (Å²) in [4.78, 5) is 21.0. The number of carbonyl (C=O) groups excluding carboxylic acids is 1. The van der Waals surface area contributed by atoms with Crippen LogP contribution < -0.4 is 5.32 Å². The molecule has 0 unspecified atom stereocenters. The number of carbonyl (C=O) groups is 1. The zero-order valence-electron chi connectivity index (χ0n) is 12.7. The van der Waals surface area contributed by atoms with Crippen molar-refractivity contribution in [1.82, 2.24) is 14.8 Å². The van der Waals surface area contributed by atoms with Gasteiger partial charge in [-0.15, -0.1) is 0 Å². The van der Waals surface area contributed by atoms with E-state index in [0.29, 0.717) is 16.4 Å². The van der Waals surface area contributed by atoms with E-state index in [1.54, 1.807) is 12.3 Å². The zero-order valence-corrected chi connectivity index (χ0v) is 13.5. The van der Waals surface area contributed by atoms with Crippen LogP contribution in [0.5, 0.6) is 0 Å². The van der Waals surface area contributed by atoms with Gasteiger partial charge in [-0.05, 0) is 19.0 Å². The molecule has 0 bridgehead atoms. The van der Waals surface area contributed by atoms with E-state index in [9.17, 15) is 4.79 Å². The number of amides is 1. The maximum atomic E-state index is 12.6. The number of piperazine rings is 1. The van der Waals surface area contributed by atoms with E-state index in [0.717, 1.165) is 45.7 Å². The Bertz CT molecular complexity index is 487. The van der Waals surface area contributed by atoms with Crippen molar-refractivity contribution in [3.8, 4) is 0 Å².